The highest BCUT2D eigenvalue weighted by Crippen LogP contribution is 2.34. The van der Waals surface area contributed by atoms with E-state index in [1.54, 1.807) is 7.11 Å². The predicted octanol–water partition coefficient (Wildman–Crippen LogP) is 6.40. The van der Waals surface area contributed by atoms with Gasteiger partial charge in [0.05, 0.1) is 7.11 Å². The Kier molecular flexibility index (Phi) is 5.82. The molecule has 116 valence electrons. The van der Waals surface area contributed by atoms with E-state index in [4.69, 9.17) is 4.74 Å². The molecule has 0 unspecified atom stereocenters. The van der Waals surface area contributed by atoms with Crippen LogP contribution in [0.2, 0.25) is 0 Å². The molecule has 0 fully saturated rings. The Morgan fingerprint density at radius 3 is 1.73 bits per heavy atom. The summed E-state index contributed by atoms with van der Waals surface area (Å²) in [5, 5.41) is 0. The zero-order chi connectivity index (χ0) is 15.5. The smallest absolute Gasteiger partial charge is 0.119 e. The standard InChI is InChI=1S/C17H16Br2OS2/c1-20-15-3-11-2-12(4-15)8-22-10-14-6-16(18)13(5-17(14)19)9-21-7-11/h2-6H,7-10H2,1H3. The highest BCUT2D eigenvalue weighted by molar-refractivity contribution is 9.11. The Balaban J connectivity index is 1.92. The zero-order valence-corrected chi connectivity index (χ0v) is 17.0. The molecule has 4 bridgehead atoms. The van der Waals surface area contributed by atoms with Gasteiger partial charge in [-0.2, -0.15) is 23.5 Å². The summed E-state index contributed by atoms with van der Waals surface area (Å²) in [5.74, 6) is 4.96. The first-order chi connectivity index (χ1) is 10.7. The summed E-state index contributed by atoms with van der Waals surface area (Å²) in [7, 11) is 1.74. The number of hydrogen-bond donors (Lipinski definition) is 0. The minimum atomic E-state index is 0.963. The van der Waals surface area contributed by atoms with E-state index in [9.17, 15) is 0 Å². The first-order valence-corrected chi connectivity index (χ1v) is 10.8. The first-order valence-electron chi connectivity index (χ1n) is 6.95. The number of thioether (sulfide) groups is 2. The summed E-state index contributed by atoms with van der Waals surface area (Å²) in [4.78, 5) is 0. The second-order valence-corrected chi connectivity index (χ2v) is 8.89. The lowest BCUT2D eigenvalue weighted by molar-refractivity contribution is 0.414. The van der Waals surface area contributed by atoms with Crippen LogP contribution in [-0.2, 0) is 23.0 Å². The molecule has 0 aromatic heterocycles. The molecule has 2 aromatic carbocycles. The van der Waals surface area contributed by atoms with Gasteiger partial charge in [-0.25, -0.2) is 0 Å². The topological polar surface area (TPSA) is 9.23 Å². The van der Waals surface area contributed by atoms with Gasteiger partial charge in [0.25, 0.3) is 0 Å². The summed E-state index contributed by atoms with van der Waals surface area (Å²) < 4.78 is 7.87. The molecular weight excluding hydrogens is 444 g/mol. The Labute approximate surface area is 156 Å². The van der Waals surface area contributed by atoms with Gasteiger partial charge in [0, 0.05) is 32.0 Å². The fourth-order valence-corrected chi connectivity index (χ4v) is 5.78. The minimum absolute atomic E-state index is 0.963. The van der Waals surface area contributed by atoms with Gasteiger partial charge in [-0.15, -0.1) is 0 Å². The second-order valence-electron chi connectivity index (χ2n) is 5.21. The Morgan fingerprint density at radius 1 is 0.773 bits per heavy atom. The summed E-state index contributed by atoms with van der Waals surface area (Å²) in [5.41, 5.74) is 5.36. The van der Waals surface area contributed by atoms with Gasteiger partial charge in [0.15, 0.2) is 0 Å². The van der Waals surface area contributed by atoms with Crippen molar-refractivity contribution in [2.45, 2.75) is 23.0 Å². The molecule has 5 heteroatoms. The fourth-order valence-electron chi connectivity index (χ4n) is 2.42. The summed E-state index contributed by atoms with van der Waals surface area (Å²) in [6, 6.07) is 11.1. The Bertz CT molecular complexity index is 635. The van der Waals surface area contributed by atoms with Crippen molar-refractivity contribution >= 4 is 55.4 Å². The molecule has 4 rings (SSSR count). The molecule has 0 saturated carbocycles. The molecule has 0 N–H and O–H groups in total. The molecule has 2 aliphatic rings. The van der Waals surface area contributed by atoms with Gasteiger partial charge in [-0.3, -0.25) is 0 Å². The quantitative estimate of drug-likeness (QED) is 0.488. The van der Waals surface area contributed by atoms with E-state index in [-0.39, 0.29) is 0 Å². The summed E-state index contributed by atoms with van der Waals surface area (Å²) in [6.45, 7) is 0. The maximum atomic E-state index is 5.44. The summed E-state index contributed by atoms with van der Waals surface area (Å²) >= 11 is 11.3. The SMILES string of the molecule is COc1cc2cc(c1)CSCc1cc(Br)c(cc1Br)CSC2. The molecule has 0 aliphatic carbocycles. The lowest BCUT2D eigenvalue weighted by atomic mass is 10.1. The number of halogens is 2. The summed E-state index contributed by atoms with van der Waals surface area (Å²) in [6.07, 6.45) is 0. The van der Waals surface area contributed by atoms with Gasteiger partial charge in [-0.05, 0) is 46.5 Å². The molecule has 22 heavy (non-hydrogen) atoms. The monoisotopic (exact) mass is 458 g/mol. The lowest BCUT2D eigenvalue weighted by Crippen LogP contribution is -1.91. The van der Waals surface area contributed by atoms with Crippen molar-refractivity contribution in [3.63, 3.8) is 0 Å². The van der Waals surface area contributed by atoms with Crippen molar-refractivity contribution in [1.82, 2.24) is 0 Å². The van der Waals surface area contributed by atoms with E-state index in [2.05, 4.69) is 62.2 Å². The maximum Gasteiger partial charge on any atom is 0.119 e. The minimum Gasteiger partial charge on any atom is -0.497 e. The Hall–Kier alpha value is -0.100. The fraction of sp³-hybridized carbons (Fsp3) is 0.294. The van der Waals surface area contributed by atoms with Crippen molar-refractivity contribution < 1.29 is 4.74 Å². The van der Waals surface area contributed by atoms with Gasteiger partial charge < -0.3 is 4.74 Å². The number of ether oxygens (including phenoxy) is 1. The van der Waals surface area contributed by atoms with Crippen molar-refractivity contribution in [1.29, 1.82) is 0 Å². The molecule has 0 radical (unpaired) electrons. The van der Waals surface area contributed by atoms with Crippen LogP contribution in [0, 0.1) is 0 Å². The zero-order valence-electron chi connectivity index (χ0n) is 12.2. The van der Waals surface area contributed by atoms with Crippen molar-refractivity contribution in [3.8, 4) is 5.75 Å². The van der Waals surface area contributed by atoms with E-state index >= 15 is 0 Å². The molecule has 0 amide bonds. The molecule has 0 saturated heterocycles. The van der Waals surface area contributed by atoms with Crippen LogP contribution in [0.4, 0.5) is 0 Å². The molecule has 0 spiro atoms. The maximum absolute atomic E-state index is 5.44. The van der Waals surface area contributed by atoms with Crippen LogP contribution >= 0.6 is 55.4 Å². The Morgan fingerprint density at radius 2 is 1.27 bits per heavy atom. The number of hydrogen-bond acceptors (Lipinski definition) is 3. The van der Waals surface area contributed by atoms with E-state index in [0.717, 1.165) is 28.8 Å². The second kappa shape index (κ2) is 7.65. The largest absolute Gasteiger partial charge is 0.497 e. The normalized spacial score (nSPS) is 14.9. The number of benzene rings is 2. The molecule has 1 nitrogen and oxygen atoms in total. The third-order valence-corrected chi connectivity index (χ3v) is 7.11. The highest BCUT2D eigenvalue weighted by atomic mass is 79.9. The predicted molar refractivity (Wildman–Crippen MR) is 105 cm³/mol. The van der Waals surface area contributed by atoms with Crippen LogP contribution in [0.1, 0.15) is 22.3 Å². The van der Waals surface area contributed by atoms with E-state index < -0.39 is 0 Å². The van der Waals surface area contributed by atoms with Crippen LogP contribution in [-0.4, -0.2) is 7.11 Å². The third-order valence-electron chi connectivity index (χ3n) is 3.53. The van der Waals surface area contributed by atoms with Crippen LogP contribution in [0.5, 0.6) is 5.75 Å². The van der Waals surface area contributed by atoms with Crippen LogP contribution in [0.3, 0.4) is 0 Å². The van der Waals surface area contributed by atoms with E-state index in [1.165, 1.54) is 31.2 Å². The molecule has 2 aromatic rings. The van der Waals surface area contributed by atoms with Gasteiger partial charge in [0.2, 0.25) is 0 Å². The molecule has 2 heterocycles. The van der Waals surface area contributed by atoms with Crippen LogP contribution in [0.15, 0.2) is 39.3 Å². The van der Waals surface area contributed by atoms with Crippen molar-refractivity contribution in [2.75, 3.05) is 7.11 Å². The highest BCUT2D eigenvalue weighted by Gasteiger charge is 2.10. The van der Waals surface area contributed by atoms with Gasteiger partial charge in [0.1, 0.15) is 5.75 Å². The van der Waals surface area contributed by atoms with Crippen molar-refractivity contribution in [2.24, 2.45) is 0 Å². The average molecular weight is 460 g/mol. The van der Waals surface area contributed by atoms with Gasteiger partial charge in [-0.1, -0.05) is 37.9 Å². The molecular formula is C17H16Br2OS2. The van der Waals surface area contributed by atoms with Crippen LogP contribution < -0.4 is 4.74 Å². The van der Waals surface area contributed by atoms with Gasteiger partial charge >= 0.3 is 0 Å². The third kappa shape index (κ3) is 4.05. The number of rotatable bonds is 1. The van der Waals surface area contributed by atoms with E-state index in [1.807, 2.05) is 23.5 Å². The number of fused-ring (bicyclic) bond motifs is 6. The average Bonchev–Trinajstić information content (AvgIpc) is 2.52. The first kappa shape index (κ1) is 16.7. The van der Waals surface area contributed by atoms with Crippen LogP contribution in [0.25, 0.3) is 0 Å². The molecule has 2 aliphatic heterocycles. The number of methoxy groups -OCH3 is 1. The van der Waals surface area contributed by atoms with E-state index in [0.29, 0.717) is 0 Å². The van der Waals surface area contributed by atoms with Crippen molar-refractivity contribution in [3.05, 3.63) is 61.5 Å². The lowest BCUT2D eigenvalue weighted by Gasteiger charge is -2.09. The molecule has 0 atom stereocenters.